The molecule has 5 heteroatoms. The van der Waals surface area contributed by atoms with Crippen molar-refractivity contribution in [2.45, 2.75) is 6.54 Å². The van der Waals surface area contributed by atoms with Gasteiger partial charge in [-0.05, 0) is 15.9 Å². The van der Waals surface area contributed by atoms with Crippen LogP contribution in [0.5, 0.6) is 0 Å². The molecule has 1 aromatic rings. The van der Waals surface area contributed by atoms with Gasteiger partial charge in [-0.25, -0.2) is 4.98 Å². The largest absolute Gasteiger partial charge is 0.314 e. The van der Waals surface area contributed by atoms with Crippen LogP contribution < -0.4 is 5.32 Å². The highest BCUT2D eigenvalue weighted by molar-refractivity contribution is 9.11. The van der Waals surface area contributed by atoms with Gasteiger partial charge >= 0.3 is 0 Å². The Kier molecular flexibility index (Phi) is 3.32. The van der Waals surface area contributed by atoms with Crippen LogP contribution in [-0.4, -0.2) is 36.1 Å². The molecule has 0 amide bonds. The van der Waals surface area contributed by atoms with Gasteiger partial charge in [-0.1, -0.05) is 0 Å². The average Bonchev–Trinajstić information content (AvgIpc) is 2.53. The second kappa shape index (κ2) is 4.50. The first-order valence-electron chi connectivity index (χ1n) is 4.37. The van der Waals surface area contributed by atoms with E-state index in [0.29, 0.717) is 0 Å². The van der Waals surface area contributed by atoms with Crippen molar-refractivity contribution in [3.8, 4) is 0 Å². The van der Waals surface area contributed by atoms with Crippen molar-refractivity contribution in [1.29, 1.82) is 0 Å². The molecular weight excluding hydrogens is 250 g/mol. The molecule has 1 fully saturated rings. The van der Waals surface area contributed by atoms with Crippen molar-refractivity contribution in [2.75, 3.05) is 26.2 Å². The second-order valence-corrected chi connectivity index (χ2v) is 5.25. The number of halogens is 1. The molecule has 1 aliphatic heterocycles. The lowest BCUT2D eigenvalue weighted by Crippen LogP contribution is -2.42. The van der Waals surface area contributed by atoms with Crippen molar-refractivity contribution in [1.82, 2.24) is 15.2 Å². The Labute approximate surface area is 90.3 Å². The minimum atomic E-state index is 0.984. The summed E-state index contributed by atoms with van der Waals surface area (Å²) in [5.74, 6) is 0. The van der Waals surface area contributed by atoms with Gasteiger partial charge in [0.2, 0.25) is 0 Å². The van der Waals surface area contributed by atoms with Crippen LogP contribution in [0.2, 0.25) is 0 Å². The van der Waals surface area contributed by atoms with Crippen LogP contribution in [0, 0.1) is 0 Å². The molecule has 0 bridgehead atoms. The SMILES string of the molecule is Brc1nc(CN2CCNCC2)cs1. The van der Waals surface area contributed by atoms with Gasteiger partial charge in [0.1, 0.15) is 0 Å². The predicted octanol–water partition coefficient (Wildman–Crippen LogP) is 1.31. The number of nitrogens with zero attached hydrogens (tertiary/aromatic N) is 2. The zero-order valence-corrected chi connectivity index (χ0v) is 9.70. The first kappa shape index (κ1) is 9.58. The molecule has 3 nitrogen and oxygen atoms in total. The van der Waals surface area contributed by atoms with E-state index < -0.39 is 0 Å². The van der Waals surface area contributed by atoms with Gasteiger partial charge in [0.15, 0.2) is 3.92 Å². The summed E-state index contributed by atoms with van der Waals surface area (Å²) in [6, 6.07) is 0. The molecular formula is C8H12BrN3S. The van der Waals surface area contributed by atoms with Crippen LogP contribution in [0.3, 0.4) is 0 Å². The highest BCUT2D eigenvalue weighted by atomic mass is 79.9. The molecule has 0 spiro atoms. The minimum Gasteiger partial charge on any atom is -0.314 e. The van der Waals surface area contributed by atoms with Crippen molar-refractivity contribution in [2.24, 2.45) is 0 Å². The third-order valence-electron chi connectivity index (χ3n) is 2.12. The van der Waals surface area contributed by atoms with Crippen molar-refractivity contribution < 1.29 is 0 Å². The molecule has 13 heavy (non-hydrogen) atoms. The van der Waals surface area contributed by atoms with Crippen LogP contribution in [0.4, 0.5) is 0 Å². The van der Waals surface area contributed by atoms with E-state index in [1.54, 1.807) is 11.3 Å². The summed E-state index contributed by atoms with van der Waals surface area (Å²) in [7, 11) is 0. The fourth-order valence-corrected chi connectivity index (χ4v) is 2.49. The third kappa shape index (κ3) is 2.74. The van der Waals surface area contributed by atoms with Crippen molar-refractivity contribution in [3.05, 3.63) is 15.0 Å². The summed E-state index contributed by atoms with van der Waals surface area (Å²) < 4.78 is 0.984. The molecule has 0 radical (unpaired) electrons. The predicted molar refractivity (Wildman–Crippen MR) is 58.0 cm³/mol. The first-order valence-corrected chi connectivity index (χ1v) is 6.05. The van der Waals surface area contributed by atoms with Crippen molar-refractivity contribution in [3.63, 3.8) is 0 Å². The summed E-state index contributed by atoms with van der Waals surface area (Å²) in [6.07, 6.45) is 0. The molecule has 0 aromatic carbocycles. The molecule has 1 saturated heterocycles. The monoisotopic (exact) mass is 261 g/mol. The standard InChI is InChI=1S/C8H12BrN3S/c9-8-11-7(6-13-8)5-12-3-1-10-2-4-12/h6,10H,1-5H2. The Morgan fingerprint density at radius 3 is 2.92 bits per heavy atom. The zero-order valence-electron chi connectivity index (χ0n) is 7.29. The smallest absolute Gasteiger partial charge is 0.159 e. The summed E-state index contributed by atoms with van der Waals surface area (Å²) in [5, 5.41) is 5.45. The third-order valence-corrected chi connectivity index (χ3v) is 3.53. The fourth-order valence-electron chi connectivity index (χ4n) is 1.45. The number of hydrogen-bond donors (Lipinski definition) is 1. The van der Waals surface area contributed by atoms with Crippen molar-refractivity contribution >= 4 is 27.3 Å². The maximum atomic E-state index is 4.38. The van der Waals surface area contributed by atoms with Gasteiger partial charge < -0.3 is 5.32 Å². The van der Waals surface area contributed by atoms with E-state index in [9.17, 15) is 0 Å². The lowest BCUT2D eigenvalue weighted by molar-refractivity contribution is 0.231. The molecule has 2 rings (SSSR count). The Bertz CT molecular complexity index is 270. The van der Waals surface area contributed by atoms with Gasteiger partial charge in [0, 0.05) is 38.1 Å². The van der Waals surface area contributed by atoms with E-state index in [-0.39, 0.29) is 0 Å². The van der Waals surface area contributed by atoms with Gasteiger partial charge in [0.05, 0.1) is 5.69 Å². The van der Waals surface area contributed by atoms with Gasteiger partial charge in [-0.2, -0.15) is 0 Å². The number of piperazine rings is 1. The number of nitrogens with one attached hydrogen (secondary N) is 1. The number of hydrogen-bond acceptors (Lipinski definition) is 4. The molecule has 0 atom stereocenters. The molecule has 0 unspecified atom stereocenters. The maximum absolute atomic E-state index is 4.38. The summed E-state index contributed by atoms with van der Waals surface area (Å²) >= 11 is 5.03. The topological polar surface area (TPSA) is 28.2 Å². The van der Waals surface area contributed by atoms with E-state index in [1.165, 1.54) is 5.69 Å². The Morgan fingerprint density at radius 1 is 1.54 bits per heavy atom. The summed E-state index contributed by atoms with van der Waals surface area (Å²) in [5.41, 5.74) is 1.18. The van der Waals surface area contributed by atoms with Crippen LogP contribution in [0.15, 0.2) is 9.30 Å². The van der Waals surface area contributed by atoms with E-state index >= 15 is 0 Å². The van der Waals surface area contributed by atoms with Gasteiger partial charge in [0.25, 0.3) is 0 Å². The number of rotatable bonds is 2. The number of aromatic nitrogens is 1. The maximum Gasteiger partial charge on any atom is 0.159 e. The first-order chi connectivity index (χ1) is 6.34. The molecule has 1 aromatic heterocycles. The molecule has 0 saturated carbocycles. The fraction of sp³-hybridized carbons (Fsp3) is 0.625. The van der Waals surface area contributed by atoms with Gasteiger partial charge in [-0.3, -0.25) is 4.90 Å². The normalized spacial score (nSPS) is 19.2. The minimum absolute atomic E-state index is 0.984. The van der Waals surface area contributed by atoms with Crippen LogP contribution in [0.25, 0.3) is 0 Å². The molecule has 2 heterocycles. The summed E-state index contributed by atoms with van der Waals surface area (Å²) in [6.45, 7) is 5.46. The summed E-state index contributed by atoms with van der Waals surface area (Å²) in [4.78, 5) is 6.81. The highest BCUT2D eigenvalue weighted by Gasteiger charge is 2.10. The molecule has 1 aliphatic rings. The Hall–Kier alpha value is 0.0300. The quantitative estimate of drug-likeness (QED) is 0.871. The van der Waals surface area contributed by atoms with E-state index in [1.807, 2.05) is 0 Å². The lowest BCUT2D eigenvalue weighted by Gasteiger charge is -2.26. The highest BCUT2D eigenvalue weighted by Crippen LogP contribution is 2.17. The number of thiazole rings is 1. The second-order valence-electron chi connectivity index (χ2n) is 3.12. The zero-order chi connectivity index (χ0) is 9.10. The van der Waals surface area contributed by atoms with Crippen LogP contribution in [0.1, 0.15) is 5.69 Å². The lowest BCUT2D eigenvalue weighted by atomic mass is 10.3. The molecule has 72 valence electrons. The Morgan fingerprint density at radius 2 is 2.31 bits per heavy atom. The average molecular weight is 262 g/mol. The Balaban J connectivity index is 1.89. The molecule has 1 N–H and O–H groups in total. The van der Waals surface area contributed by atoms with E-state index in [2.05, 4.69) is 36.5 Å². The molecule has 0 aliphatic carbocycles. The van der Waals surface area contributed by atoms with Gasteiger partial charge in [-0.15, -0.1) is 11.3 Å². The van der Waals surface area contributed by atoms with E-state index in [0.717, 1.165) is 36.6 Å². The van der Waals surface area contributed by atoms with Crippen LogP contribution >= 0.6 is 27.3 Å². The van der Waals surface area contributed by atoms with E-state index in [4.69, 9.17) is 0 Å². The van der Waals surface area contributed by atoms with Crippen LogP contribution in [-0.2, 0) is 6.54 Å².